The molecule has 1 atom stereocenters. The molecule has 2 rings (SSSR count). The van der Waals surface area contributed by atoms with Crippen molar-refractivity contribution < 1.29 is 9.90 Å². The van der Waals surface area contributed by atoms with Crippen molar-refractivity contribution in [3.05, 3.63) is 77.5 Å². The van der Waals surface area contributed by atoms with Crippen LogP contribution < -0.4 is 16.4 Å². The van der Waals surface area contributed by atoms with Gasteiger partial charge in [0.05, 0.1) is 11.7 Å². The monoisotopic (exact) mass is 435 g/mol. The van der Waals surface area contributed by atoms with E-state index < -0.39 is 11.7 Å². The van der Waals surface area contributed by atoms with Crippen LogP contribution in [0.3, 0.4) is 0 Å². The van der Waals surface area contributed by atoms with Crippen LogP contribution in [0.5, 0.6) is 0 Å². The molecule has 0 radical (unpaired) electrons. The number of pyridine rings is 1. The molecule has 0 fully saturated rings. The molecule has 7 nitrogen and oxygen atoms in total. The summed E-state index contributed by atoms with van der Waals surface area (Å²) in [6.45, 7) is 13.6. The van der Waals surface area contributed by atoms with Crippen molar-refractivity contribution in [1.29, 1.82) is 0 Å². The van der Waals surface area contributed by atoms with Crippen molar-refractivity contribution >= 4 is 23.6 Å². The highest BCUT2D eigenvalue weighted by atomic mass is 16.3. The number of benzene rings is 1. The Balaban J connectivity index is 2.13. The fraction of sp³-hybridized carbons (Fsp3) is 0.320. The molecule has 0 saturated heterocycles. The first kappa shape index (κ1) is 24.7. The second-order valence-corrected chi connectivity index (χ2v) is 8.47. The number of amides is 1. The van der Waals surface area contributed by atoms with Gasteiger partial charge in [0.25, 0.3) is 5.91 Å². The molecule has 5 N–H and O–H groups in total. The highest BCUT2D eigenvalue weighted by molar-refractivity contribution is 5.95. The average Bonchev–Trinajstić information content (AvgIpc) is 2.75. The molecule has 0 spiro atoms. The molecule has 1 aromatic heterocycles. The minimum Gasteiger partial charge on any atom is -0.504 e. The van der Waals surface area contributed by atoms with Gasteiger partial charge in [-0.25, -0.2) is 4.98 Å². The van der Waals surface area contributed by atoms with Crippen molar-refractivity contribution in [2.75, 3.05) is 5.32 Å². The minimum atomic E-state index is -0.541. The third-order valence-corrected chi connectivity index (χ3v) is 4.93. The van der Waals surface area contributed by atoms with E-state index in [9.17, 15) is 9.90 Å². The van der Waals surface area contributed by atoms with Crippen molar-refractivity contribution in [3.63, 3.8) is 0 Å². The Bertz CT molecular complexity index is 1000. The standard InChI is InChI=1S/C25H33N5O2/c1-7-20(30-24(32)22(27-8-2)23(31)16(3)26)17-9-14-21(28-15-17)29-19-12-10-18(11-13-19)25(4,5)6/h8-15,20,31H,3,7,26H2,1-2,4-6H3,(H,28,29)(H,30,32)/b23-22+,27-8?. The summed E-state index contributed by atoms with van der Waals surface area (Å²) < 4.78 is 0. The van der Waals surface area contributed by atoms with Gasteiger partial charge in [-0.15, -0.1) is 0 Å². The number of nitrogens with two attached hydrogens (primary N) is 1. The van der Waals surface area contributed by atoms with Crippen LogP contribution in [0.4, 0.5) is 11.5 Å². The zero-order valence-electron chi connectivity index (χ0n) is 19.4. The molecule has 170 valence electrons. The number of hydrogen-bond donors (Lipinski definition) is 4. The summed E-state index contributed by atoms with van der Waals surface area (Å²) >= 11 is 0. The van der Waals surface area contributed by atoms with Gasteiger partial charge in [0.15, 0.2) is 11.5 Å². The van der Waals surface area contributed by atoms with Crippen LogP contribution in [0.15, 0.2) is 71.3 Å². The lowest BCUT2D eigenvalue weighted by Crippen LogP contribution is -2.30. The Morgan fingerprint density at radius 3 is 2.38 bits per heavy atom. The molecule has 0 aliphatic heterocycles. The van der Waals surface area contributed by atoms with Crippen LogP contribution in [0.1, 0.15) is 58.2 Å². The number of carbonyl (C=O) groups is 1. The van der Waals surface area contributed by atoms with E-state index >= 15 is 0 Å². The van der Waals surface area contributed by atoms with Crippen molar-refractivity contribution in [3.8, 4) is 0 Å². The van der Waals surface area contributed by atoms with Gasteiger partial charge in [0.1, 0.15) is 5.82 Å². The largest absolute Gasteiger partial charge is 0.504 e. The Morgan fingerprint density at radius 1 is 1.25 bits per heavy atom. The Labute approximate surface area is 190 Å². The molecule has 7 heteroatoms. The summed E-state index contributed by atoms with van der Waals surface area (Å²) in [6, 6.07) is 11.7. The molecule has 1 heterocycles. The van der Waals surface area contributed by atoms with Crippen molar-refractivity contribution in [2.24, 2.45) is 10.7 Å². The van der Waals surface area contributed by atoms with Crippen LogP contribution in [0, 0.1) is 0 Å². The predicted molar refractivity (Wildman–Crippen MR) is 131 cm³/mol. The van der Waals surface area contributed by atoms with E-state index in [0.717, 1.165) is 11.3 Å². The minimum absolute atomic E-state index is 0.101. The summed E-state index contributed by atoms with van der Waals surface area (Å²) in [5, 5.41) is 16.2. The van der Waals surface area contributed by atoms with Gasteiger partial charge in [0, 0.05) is 18.1 Å². The van der Waals surface area contributed by atoms with E-state index in [0.29, 0.717) is 12.2 Å². The van der Waals surface area contributed by atoms with Gasteiger partial charge in [-0.05, 0) is 48.1 Å². The number of nitrogens with zero attached hydrogens (tertiary/aromatic N) is 2. The molecule has 2 aromatic rings. The van der Waals surface area contributed by atoms with E-state index in [4.69, 9.17) is 5.73 Å². The lowest BCUT2D eigenvalue weighted by atomic mass is 9.87. The molecular weight excluding hydrogens is 402 g/mol. The van der Waals surface area contributed by atoms with Gasteiger partial charge in [-0.1, -0.05) is 52.5 Å². The van der Waals surface area contributed by atoms with E-state index in [-0.39, 0.29) is 22.9 Å². The van der Waals surface area contributed by atoms with Crippen LogP contribution in [-0.4, -0.2) is 22.2 Å². The highest BCUT2D eigenvalue weighted by Gasteiger charge is 2.20. The number of aromatic nitrogens is 1. The smallest absolute Gasteiger partial charge is 0.274 e. The quantitative estimate of drug-likeness (QED) is 0.201. The number of hydrogen-bond acceptors (Lipinski definition) is 6. The Kier molecular flexibility index (Phi) is 8.18. The Hall–Kier alpha value is -3.61. The van der Waals surface area contributed by atoms with E-state index in [1.807, 2.05) is 31.2 Å². The van der Waals surface area contributed by atoms with E-state index in [2.05, 4.69) is 60.1 Å². The third-order valence-electron chi connectivity index (χ3n) is 4.93. The second kappa shape index (κ2) is 10.6. The topological polar surface area (TPSA) is 113 Å². The third kappa shape index (κ3) is 6.44. The summed E-state index contributed by atoms with van der Waals surface area (Å²) in [6.07, 6.45) is 3.75. The van der Waals surface area contributed by atoms with Gasteiger partial charge >= 0.3 is 0 Å². The van der Waals surface area contributed by atoms with E-state index in [1.54, 1.807) is 13.1 Å². The van der Waals surface area contributed by atoms with Crippen molar-refractivity contribution in [2.45, 2.75) is 52.5 Å². The maximum atomic E-state index is 12.7. The van der Waals surface area contributed by atoms with Crippen LogP contribution in [0.2, 0.25) is 0 Å². The SMILES string of the molecule is C=C(N)/C(O)=C(\N=CC)C(=O)NC(CC)c1ccc(Nc2ccc(C(C)(C)C)cc2)nc1. The summed E-state index contributed by atoms with van der Waals surface area (Å²) in [7, 11) is 0. The molecule has 0 saturated carbocycles. The average molecular weight is 436 g/mol. The molecule has 1 unspecified atom stereocenters. The summed E-state index contributed by atoms with van der Waals surface area (Å²) in [5.74, 6) is -0.280. The number of rotatable bonds is 8. The first-order valence-corrected chi connectivity index (χ1v) is 10.6. The number of aliphatic hydroxyl groups is 1. The maximum absolute atomic E-state index is 12.7. The van der Waals surface area contributed by atoms with Crippen LogP contribution >= 0.6 is 0 Å². The molecule has 0 aliphatic rings. The van der Waals surface area contributed by atoms with Crippen LogP contribution in [0.25, 0.3) is 0 Å². The van der Waals surface area contributed by atoms with E-state index in [1.165, 1.54) is 11.8 Å². The fourth-order valence-electron chi connectivity index (χ4n) is 3.04. The highest BCUT2D eigenvalue weighted by Crippen LogP contribution is 2.25. The number of nitrogens with one attached hydrogen (secondary N) is 2. The molecule has 0 bridgehead atoms. The second-order valence-electron chi connectivity index (χ2n) is 8.47. The number of anilines is 2. The number of carbonyl (C=O) groups excluding carboxylic acids is 1. The molecular formula is C25H33N5O2. The van der Waals surface area contributed by atoms with Crippen LogP contribution in [-0.2, 0) is 10.2 Å². The summed E-state index contributed by atoms with van der Waals surface area (Å²) in [4.78, 5) is 21.1. The summed E-state index contributed by atoms with van der Waals surface area (Å²) in [5.41, 5.74) is 8.36. The lowest BCUT2D eigenvalue weighted by molar-refractivity contribution is -0.118. The predicted octanol–water partition coefficient (Wildman–Crippen LogP) is 5.02. The molecule has 32 heavy (non-hydrogen) atoms. The number of aliphatic hydroxyl groups excluding tert-OH is 1. The molecule has 1 aromatic carbocycles. The first-order valence-electron chi connectivity index (χ1n) is 10.6. The Morgan fingerprint density at radius 2 is 1.91 bits per heavy atom. The van der Waals surface area contributed by atoms with Crippen molar-refractivity contribution in [1.82, 2.24) is 10.3 Å². The molecule has 0 aliphatic carbocycles. The zero-order valence-corrected chi connectivity index (χ0v) is 19.4. The van der Waals surface area contributed by atoms with Gasteiger partial charge in [-0.3, -0.25) is 9.79 Å². The molecule has 1 amide bonds. The van der Waals surface area contributed by atoms with Gasteiger partial charge in [-0.2, -0.15) is 0 Å². The maximum Gasteiger partial charge on any atom is 0.274 e. The first-order chi connectivity index (χ1) is 15.1. The zero-order chi connectivity index (χ0) is 23.9. The van der Waals surface area contributed by atoms with Gasteiger partial charge < -0.3 is 21.5 Å². The van der Waals surface area contributed by atoms with Gasteiger partial charge in [0.2, 0.25) is 0 Å². The number of aliphatic imine (C=N–C) groups is 1. The lowest BCUT2D eigenvalue weighted by Gasteiger charge is -2.19. The normalized spacial score (nSPS) is 13.4. The fourth-order valence-corrected chi connectivity index (χ4v) is 3.04.